The van der Waals surface area contributed by atoms with E-state index in [0.29, 0.717) is 18.9 Å². The number of nitrogens with zero attached hydrogens (tertiary/aromatic N) is 3. The molecule has 0 aliphatic carbocycles. The fourth-order valence-electron chi connectivity index (χ4n) is 4.09. The normalized spacial score (nSPS) is 18.9. The summed E-state index contributed by atoms with van der Waals surface area (Å²) in [5, 5.41) is 5.94. The number of hydrogen-bond acceptors (Lipinski definition) is 5. The molecule has 28 heavy (non-hydrogen) atoms. The minimum atomic E-state index is -0.463. The van der Waals surface area contributed by atoms with Gasteiger partial charge >= 0.3 is 0 Å². The lowest BCUT2D eigenvalue weighted by atomic mass is 9.85. The van der Waals surface area contributed by atoms with E-state index in [4.69, 9.17) is 0 Å². The number of nitrogens with one attached hydrogen (secondary N) is 2. The molecule has 2 aliphatic heterocycles. The van der Waals surface area contributed by atoms with Crippen LogP contribution in [0.1, 0.15) is 23.3 Å². The second-order valence-electron chi connectivity index (χ2n) is 7.27. The predicted octanol–water partition coefficient (Wildman–Crippen LogP) is 1.24. The quantitative estimate of drug-likeness (QED) is 0.817. The molecule has 1 aromatic heterocycles. The fourth-order valence-corrected chi connectivity index (χ4v) is 4.09. The highest BCUT2D eigenvalue weighted by atomic mass is 16.2. The number of benzene rings is 1. The van der Waals surface area contributed by atoms with Gasteiger partial charge in [-0.25, -0.2) is 0 Å². The predicted molar refractivity (Wildman–Crippen MR) is 107 cm³/mol. The van der Waals surface area contributed by atoms with Crippen molar-refractivity contribution >= 4 is 17.5 Å². The van der Waals surface area contributed by atoms with Gasteiger partial charge in [0.2, 0.25) is 5.91 Å². The van der Waals surface area contributed by atoms with E-state index in [-0.39, 0.29) is 11.8 Å². The molecule has 2 saturated heterocycles. The first-order valence-corrected chi connectivity index (χ1v) is 9.72. The number of hydrogen-bond donors (Lipinski definition) is 2. The second kappa shape index (κ2) is 7.98. The van der Waals surface area contributed by atoms with Crippen molar-refractivity contribution < 1.29 is 9.59 Å². The number of likely N-dealkylation sites (tertiary alicyclic amines) is 1. The molecule has 0 atom stereocenters. The Kier molecular flexibility index (Phi) is 5.25. The third kappa shape index (κ3) is 3.57. The molecule has 2 N–H and O–H groups in total. The summed E-state index contributed by atoms with van der Waals surface area (Å²) in [6.45, 7) is 3.55. The van der Waals surface area contributed by atoms with Crippen LogP contribution >= 0.6 is 0 Å². The van der Waals surface area contributed by atoms with Gasteiger partial charge in [0, 0.05) is 38.1 Å². The first-order valence-electron chi connectivity index (χ1n) is 9.72. The van der Waals surface area contributed by atoms with Gasteiger partial charge in [-0.05, 0) is 37.1 Å². The highest BCUT2D eigenvalue weighted by Crippen LogP contribution is 2.35. The largest absolute Gasteiger partial charge is 0.349 e. The fraction of sp³-hybridized carbons (Fsp3) is 0.381. The molecule has 146 valence electrons. The van der Waals surface area contributed by atoms with Gasteiger partial charge in [-0.2, -0.15) is 0 Å². The minimum Gasteiger partial charge on any atom is -0.349 e. The van der Waals surface area contributed by atoms with Gasteiger partial charge in [0.1, 0.15) is 11.2 Å². The third-order valence-corrected chi connectivity index (χ3v) is 5.70. The summed E-state index contributed by atoms with van der Waals surface area (Å²) in [6.07, 6.45) is 3.17. The van der Waals surface area contributed by atoms with Crippen LogP contribution in [-0.4, -0.2) is 60.1 Å². The van der Waals surface area contributed by atoms with Crippen molar-refractivity contribution in [3.8, 4) is 0 Å². The lowest BCUT2D eigenvalue weighted by molar-refractivity contribution is -0.125. The SMILES string of the molecule is O=C(NCCN1CCC2(CC1)C(=O)NCN2c1ccccc1)c1ccccn1. The van der Waals surface area contributed by atoms with E-state index in [1.54, 1.807) is 24.4 Å². The number of piperidine rings is 1. The molecule has 3 heterocycles. The summed E-state index contributed by atoms with van der Waals surface area (Å²) in [6, 6.07) is 15.4. The lowest BCUT2D eigenvalue weighted by Gasteiger charge is -2.43. The van der Waals surface area contributed by atoms with Crippen molar-refractivity contribution in [2.24, 2.45) is 0 Å². The van der Waals surface area contributed by atoms with Crippen LogP contribution in [0.25, 0.3) is 0 Å². The van der Waals surface area contributed by atoms with Gasteiger partial charge in [-0.3, -0.25) is 14.6 Å². The van der Waals surface area contributed by atoms with Gasteiger partial charge in [0.25, 0.3) is 5.91 Å². The average molecular weight is 379 g/mol. The van der Waals surface area contributed by atoms with E-state index in [1.807, 2.05) is 18.2 Å². The van der Waals surface area contributed by atoms with Crippen LogP contribution in [0.3, 0.4) is 0 Å². The topological polar surface area (TPSA) is 77.6 Å². The molecule has 2 aromatic rings. The van der Waals surface area contributed by atoms with Crippen molar-refractivity contribution in [2.75, 3.05) is 37.7 Å². The zero-order valence-electron chi connectivity index (χ0n) is 15.8. The Labute approximate surface area is 164 Å². The van der Waals surface area contributed by atoms with Crippen molar-refractivity contribution in [3.63, 3.8) is 0 Å². The summed E-state index contributed by atoms with van der Waals surface area (Å²) >= 11 is 0. The highest BCUT2D eigenvalue weighted by Gasteiger charge is 2.50. The Morgan fingerprint density at radius 2 is 1.86 bits per heavy atom. The molecule has 2 aliphatic rings. The van der Waals surface area contributed by atoms with Crippen LogP contribution in [0.5, 0.6) is 0 Å². The Morgan fingerprint density at radius 3 is 2.57 bits per heavy atom. The van der Waals surface area contributed by atoms with E-state index >= 15 is 0 Å². The van der Waals surface area contributed by atoms with Crippen LogP contribution in [0.15, 0.2) is 54.7 Å². The van der Waals surface area contributed by atoms with Crippen LogP contribution in [0.4, 0.5) is 5.69 Å². The van der Waals surface area contributed by atoms with E-state index in [2.05, 4.69) is 37.6 Å². The Balaban J connectivity index is 1.31. The summed E-state index contributed by atoms with van der Waals surface area (Å²) < 4.78 is 0. The second-order valence-corrected chi connectivity index (χ2v) is 7.27. The van der Waals surface area contributed by atoms with Crippen LogP contribution in [0, 0.1) is 0 Å². The number of rotatable bonds is 5. The summed E-state index contributed by atoms with van der Waals surface area (Å²) in [5.74, 6) is -0.0287. The molecule has 1 spiro atoms. The smallest absolute Gasteiger partial charge is 0.269 e. The number of carbonyl (C=O) groups is 2. The molecule has 2 amide bonds. The van der Waals surface area contributed by atoms with Crippen molar-refractivity contribution in [3.05, 3.63) is 60.4 Å². The summed E-state index contributed by atoms with van der Waals surface area (Å²) in [7, 11) is 0. The van der Waals surface area contributed by atoms with Gasteiger partial charge in [0.15, 0.2) is 0 Å². The summed E-state index contributed by atoms with van der Waals surface area (Å²) in [4.78, 5) is 33.3. The maximum absolute atomic E-state index is 12.7. The van der Waals surface area contributed by atoms with Crippen LogP contribution < -0.4 is 15.5 Å². The third-order valence-electron chi connectivity index (χ3n) is 5.70. The van der Waals surface area contributed by atoms with Crippen molar-refractivity contribution in [1.29, 1.82) is 0 Å². The lowest BCUT2D eigenvalue weighted by Crippen LogP contribution is -2.57. The van der Waals surface area contributed by atoms with Gasteiger partial charge in [-0.15, -0.1) is 0 Å². The maximum atomic E-state index is 12.7. The number of para-hydroxylation sites is 1. The zero-order chi connectivity index (χ0) is 19.4. The number of pyridine rings is 1. The molecule has 2 fully saturated rings. The molecule has 0 unspecified atom stereocenters. The number of anilines is 1. The van der Waals surface area contributed by atoms with Gasteiger partial charge in [0.05, 0.1) is 6.67 Å². The van der Waals surface area contributed by atoms with Crippen LogP contribution in [-0.2, 0) is 4.79 Å². The van der Waals surface area contributed by atoms with E-state index in [9.17, 15) is 9.59 Å². The monoisotopic (exact) mass is 379 g/mol. The Bertz CT molecular complexity index is 819. The maximum Gasteiger partial charge on any atom is 0.269 e. The van der Waals surface area contributed by atoms with Gasteiger partial charge in [-0.1, -0.05) is 24.3 Å². The first-order chi connectivity index (χ1) is 13.7. The molecule has 0 radical (unpaired) electrons. The number of carbonyl (C=O) groups excluding carboxylic acids is 2. The van der Waals surface area contributed by atoms with E-state index in [1.165, 1.54) is 0 Å². The van der Waals surface area contributed by atoms with Crippen LogP contribution in [0.2, 0.25) is 0 Å². The standard InChI is InChI=1S/C21H25N5O2/c27-19(18-8-4-5-11-22-18)23-12-15-25-13-9-21(10-14-25)20(28)24-16-26(21)17-6-2-1-3-7-17/h1-8,11H,9-10,12-16H2,(H,23,27)(H,24,28). The minimum absolute atomic E-state index is 0.124. The van der Waals surface area contributed by atoms with Gasteiger partial charge < -0.3 is 20.4 Å². The molecule has 1 aromatic carbocycles. The average Bonchev–Trinajstić information content (AvgIpc) is 3.06. The number of amides is 2. The van der Waals surface area contributed by atoms with E-state index in [0.717, 1.165) is 38.2 Å². The molecule has 7 nitrogen and oxygen atoms in total. The molecule has 4 rings (SSSR count). The Morgan fingerprint density at radius 1 is 1.11 bits per heavy atom. The number of aromatic nitrogens is 1. The zero-order valence-corrected chi connectivity index (χ0v) is 15.8. The molecule has 0 bridgehead atoms. The van der Waals surface area contributed by atoms with Crippen molar-refractivity contribution in [2.45, 2.75) is 18.4 Å². The molecule has 7 heteroatoms. The Hall–Kier alpha value is -2.93. The molecular weight excluding hydrogens is 354 g/mol. The van der Waals surface area contributed by atoms with E-state index < -0.39 is 5.54 Å². The van der Waals surface area contributed by atoms with Crippen molar-refractivity contribution in [1.82, 2.24) is 20.5 Å². The summed E-state index contributed by atoms with van der Waals surface area (Å²) in [5.41, 5.74) is 1.05. The molecule has 0 saturated carbocycles. The highest BCUT2D eigenvalue weighted by molar-refractivity contribution is 5.93. The molecular formula is C21H25N5O2. The first kappa shape index (κ1) is 18.4.